The highest BCUT2D eigenvalue weighted by Crippen LogP contribution is 2.27. The monoisotopic (exact) mass is 384 g/mol. The maximum Gasteiger partial charge on any atom is 0.257 e. The van der Waals surface area contributed by atoms with Gasteiger partial charge in [-0.1, -0.05) is 59.6 Å². The van der Waals surface area contributed by atoms with Gasteiger partial charge in [-0.2, -0.15) is 0 Å². The minimum Gasteiger partial charge on any atom is -0.545 e. The Morgan fingerprint density at radius 2 is 1.54 bits per heavy atom. The van der Waals surface area contributed by atoms with Gasteiger partial charge in [0.1, 0.15) is 0 Å². The van der Waals surface area contributed by atoms with E-state index >= 15 is 0 Å². The molecule has 3 rings (SSSR count). The summed E-state index contributed by atoms with van der Waals surface area (Å²) < 4.78 is 0. The van der Waals surface area contributed by atoms with E-state index in [2.05, 4.69) is 5.32 Å². The molecule has 3 aromatic rings. The van der Waals surface area contributed by atoms with Gasteiger partial charge in [-0.05, 0) is 41.5 Å². The van der Waals surface area contributed by atoms with E-state index in [0.717, 1.165) is 5.56 Å². The summed E-state index contributed by atoms with van der Waals surface area (Å²) in [5.74, 6) is -1.93. The van der Waals surface area contributed by atoms with Gasteiger partial charge in [0.05, 0.1) is 22.2 Å². The van der Waals surface area contributed by atoms with Crippen molar-refractivity contribution < 1.29 is 14.7 Å². The molecule has 0 saturated heterocycles. The highest BCUT2D eigenvalue weighted by molar-refractivity contribution is 6.37. The molecule has 26 heavy (non-hydrogen) atoms. The SMILES string of the molecule is O=C(Nc1ccc(-c2ccccc2)cc1C(=O)[O-])c1ccc(Cl)cc1Cl. The molecule has 130 valence electrons. The summed E-state index contributed by atoms with van der Waals surface area (Å²) >= 11 is 11.8. The molecule has 0 bridgehead atoms. The van der Waals surface area contributed by atoms with Crippen molar-refractivity contribution in [3.05, 3.63) is 87.9 Å². The Morgan fingerprint density at radius 1 is 0.808 bits per heavy atom. The Hall–Kier alpha value is -2.82. The van der Waals surface area contributed by atoms with Crippen molar-refractivity contribution in [1.29, 1.82) is 0 Å². The molecule has 6 heteroatoms. The van der Waals surface area contributed by atoms with Gasteiger partial charge in [0.2, 0.25) is 0 Å². The maximum atomic E-state index is 12.4. The van der Waals surface area contributed by atoms with Crippen molar-refractivity contribution in [1.82, 2.24) is 0 Å². The lowest BCUT2D eigenvalue weighted by molar-refractivity contribution is -0.254. The lowest BCUT2D eigenvalue weighted by Crippen LogP contribution is -2.25. The van der Waals surface area contributed by atoms with Crippen molar-refractivity contribution in [2.24, 2.45) is 0 Å². The van der Waals surface area contributed by atoms with E-state index in [4.69, 9.17) is 23.2 Å². The second kappa shape index (κ2) is 7.60. The summed E-state index contributed by atoms with van der Waals surface area (Å²) in [6, 6.07) is 18.4. The largest absolute Gasteiger partial charge is 0.545 e. The molecule has 0 fully saturated rings. The fourth-order valence-corrected chi connectivity index (χ4v) is 2.99. The van der Waals surface area contributed by atoms with Crippen molar-refractivity contribution in [3.63, 3.8) is 0 Å². The number of carbonyl (C=O) groups excluding carboxylic acids is 2. The van der Waals surface area contributed by atoms with Gasteiger partial charge in [-0.15, -0.1) is 0 Å². The fourth-order valence-electron chi connectivity index (χ4n) is 2.50. The van der Waals surface area contributed by atoms with Crippen molar-refractivity contribution in [2.75, 3.05) is 5.32 Å². The molecule has 0 heterocycles. The van der Waals surface area contributed by atoms with Crippen LogP contribution in [0.3, 0.4) is 0 Å². The van der Waals surface area contributed by atoms with E-state index in [9.17, 15) is 14.7 Å². The van der Waals surface area contributed by atoms with Gasteiger partial charge >= 0.3 is 0 Å². The molecule has 0 spiro atoms. The van der Waals surface area contributed by atoms with E-state index < -0.39 is 11.9 Å². The molecule has 0 atom stereocenters. The minimum atomic E-state index is -1.39. The first-order valence-electron chi connectivity index (χ1n) is 7.63. The first kappa shape index (κ1) is 18.0. The highest BCUT2D eigenvalue weighted by atomic mass is 35.5. The van der Waals surface area contributed by atoms with Crippen molar-refractivity contribution in [3.8, 4) is 11.1 Å². The Bertz CT molecular complexity index is 988. The molecule has 4 nitrogen and oxygen atoms in total. The Morgan fingerprint density at radius 3 is 2.19 bits per heavy atom. The number of aromatic carboxylic acids is 1. The molecule has 0 radical (unpaired) electrons. The summed E-state index contributed by atoms with van der Waals surface area (Å²) in [6.45, 7) is 0. The smallest absolute Gasteiger partial charge is 0.257 e. The van der Waals surface area contributed by atoms with E-state index in [1.807, 2.05) is 30.3 Å². The summed E-state index contributed by atoms with van der Waals surface area (Å²) in [4.78, 5) is 24.0. The average Bonchev–Trinajstić information content (AvgIpc) is 2.62. The van der Waals surface area contributed by atoms with Crippen LogP contribution in [0.1, 0.15) is 20.7 Å². The van der Waals surface area contributed by atoms with Gasteiger partial charge in [0.25, 0.3) is 5.91 Å². The third-order valence-corrected chi connectivity index (χ3v) is 4.32. The Labute approximate surface area is 160 Å². The first-order chi connectivity index (χ1) is 12.5. The number of hydrogen-bond acceptors (Lipinski definition) is 3. The molecular formula is C20H12Cl2NO3-. The molecule has 0 aliphatic carbocycles. The van der Waals surface area contributed by atoms with Crippen LogP contribution < -0.4 is 10.4 Å². The molecule has 0 saturated carbocycles. The lowest BCUT2D eigenvalue weighted by Gasteiger charge is -2.14. The Balaban J connectivity index is 1.94. The minimum absolute atomic E-state index is 0.121. The fraction of sp³-hybridized carbons (Fsp3) is 0. The molecular weight excluding hydrogens is 373 g/mol. The van der Waals surface area contributed by atoms with Crippen LogP contribution in [0.2, 0.25) is 10.0 Å². The summed E-state index contributed by atoms with van der Waals surface area (Å²) in [5, 5.41) is 14.7. The van der Waals surface area contributed by atoms with Crippen molar-refractivity contribution >= 4 is 40.8 Å². The summed E-state index contributed by atoms with van der Waals surface area (Å²) in [7, 11) is 0. The quantitative estimate of drug-likeness (QED) is 0.729. The van der Waals surface area contributed by atoms with Gasteiger partial charge in [-0.3, -0.25) is 4.79 Å². The topological polar surface area (TPSA) is 69.2 Å². The number of amides is 1. The van der Waals surface area contributed by atoms with Crippen LogP contribution in [0, 0.1) is 0 Å². The highest BCUT2D eigenvalue weighted by Gasteiger charge is 2.14. The number of nitrogens with one attached hydrogen (secondary N) is 1. The van der Waals surface area contributed by atoms with Crippen LogP contribution in [-0.2, 0) is 0 Å². The number of halogens is 2. The van der Waals surface area contributed by atoms with E-state index in [1.165, 1.54) is 30.3 Å². The molecule has 1 N–H and O–H groups in total. The Kier molecular flexibility index (Phi) is 5.26. The van der Waals surface area contributed by atoms with Crippen LogP contribution in [0.4, 0.5) is 5.69 Å². The lowest BCUT2D eigenvalue weighted by atomic mass is 10.0. The maximum absolute atomic E-state index is 12.4. The zero-order valence-electron chi connectivity index (χ0n) is 13.3. The number of hydrogen-bond donors (Lipinski definition) is 1. The number of carboxylic acids is 1. The predicted octanol–water partition coefficient (Wildman–Crippen LogP) is 4.28. The average molecular weight is 385 g/mol. The summed E-state index contributed by atoms with van der Waals surface area (Å²) in [6.07, 6.45) is 0. The number of carbonyl (C=O) groups is 2. The van der Waals surface area contributed by atoms with Crippen LogP contribution >= 0.6 is 23.2 Å². The number of anilines is 1. The molecule has 3 aromatic carbocycles. The van der Waals surface area contributed by atoms with E-state index in [-0.39, 0.29) is 21.8 Å². The third-order valence-electron chi connectivity index (χ3n) is 3.77. The first-order valence-corrected chi connectivity index (χ1v) is 8.38. The second-order valence-corrected chi connectivity index (χ2v) is 6.34. The summed E-state index contributed by atoms with van der Waals surface area (Å²) in [5.41, 5.74) is 1.75. The van der Waals surface area contributed by atoms with Gasteiger partial charge in [0, 0.05) is 10.6 Å². The van der Waals surface area contributed by atoms with Gasteiger partial charge < -0.3 is 15.2 Å². The van der Waals surface area contributed by atoms with Crippen LogP contribution in [-0.4, -0.2) is 11.9 Å². The third kappa shape index (κ3) is 3.87. The molecule has 0 aromatic heterocycles. The zero-order chi connectivity index (χ0) is 18.7. The van der Waals surface area contributed by atoms with Crippen LogP contribution in [0.25, 0.3) is 11.1 Å². The van der Waals surface area contributed by atoms with Crippen molar-refractivity contribution in [2.45, 2.75) is 0 Å². The molecule has 0 unspecified atom stereocenters. The zero-order valence-corrected chi connectivity index (χ0v) is 14.8. The number of carboxylic acid groups (broad SMARTS) is 1. The molecule has 0 aliphatic rings. The second-order valence-electron chi connectivity index (χ2n) is 5.49. The normalized spacial score (nSPS) is 10.4. The van der Waals surface area contributed by atoms with Crippen LogP contribution in [0.15, 0.2) is 66.7 Å². The van der Waals surface area contributed by atoms with E-state index in [0.29, 0.717) is 10.6 Å². The van der Waals surface area contributed by atoms with Crippen LogP contribution in [0.5, 0.6) is 0 Å². The van der Waals surface area contributed by atoms with E-state index in [1.54, 1.807) is 6.07 Å². The number of rotatable bonds is 4. The van der Waals surface area contributed by atoms with Gasteiger partial charge in [-0.25, -0.2) is 0 Å². The molecule has 0 aliphatic heterocycles. The molecule has 1 amide bonds. The predicted molar refractivity (Wildman–Crippen MR) is 101 cm³/mol. The standard InChI is InChI=1S/C20H13Cl2NO3/c21-14-7-8-15(17(22)11-14)19(24)23-18-9-6-13(10-16(18)20(25)26)12-4-2-1-3-5-12/h1-11H,(H,23,24)(H,25,26)/p-1. The van der Waals surface area contributed by atoms with Gasteiger partial charge in [0.15, 0.2) is 0 Å². The number of benzene rings is 3.